The van der Waals surface area contributed by atoms with E-state index in [1.807, 2.05) is 4.98 Å². The fourth-order valence-electron chi connectivity index (χ4n) is 1.13. The van der Waals surface area contributed by atoms with Gasteiger partial charge in [-0.15, -0.1) is 0 Å². The van der Waals surface area contributed by atoms with Crippen LogP contribution in [0.15, 0.2) is 17.2 Å². The zero-order chi connectivity index (χ0) is 13.8. The van der Waals surface area contributed by atoms with Gasteiger partial charge in [0.2, 0.25) is 0 Å². The molecule has 0 spiro atoms. The number of alkyl halides is 3. The number of hydrogen-bond acceptors (Lipinski definition) is 4. The molecular weight excluding hydrogens is 253 g/mol. The summed E-state index contributed by atoms with van der Waals surface area (Å²) < 4.78 is 42.1. The van der Waals surface area contributed by atoms with Crippen molar-refractivity contribution < 1.29 is 22.7 Å². The summed E-state index contributed by atoms with van der Waals surface area (Å²) in [5, 5.41) is 0. The van der Waals surface area contributed by atoms with Crippen LogP contribution in [0.2, 0.25) is 0 Å². The molecule has 0 amide bonds. The van der Waals surface area contributed by atoms with Gasteiger partial charge in [0.1, 0.15) is 0 Å². The molecule has 0 saturated heterocycles. The highest BCUT2D eigenvalue weighted by Crippen LogP contribution is 2.28. The van der Waals surface area contributed by atoms with E-state index in [9.17, 15) is 22.8 Å². The first-order chi connectivity index (χ1) is 8.36. The molecule has 1 aromatic heterocycles. The largest absolute Gasteiger partial charge is 0.463 e. The van der Waals surface area contributed by atoms with Crippen LogP contribution in [0.5, 0.6) is 0 Å². The van der Waals surface area contributed by atoms with Gasteiger partial charge in [0, 0.05) is 6.08 Å². The first kappa shape index (κ1) is 13.9. The molecule has 0 aromatic carbocycles. The highest BCUT2D eigenvalue weighted by atomic mass is 19.4. The molecule has 0 saturated carbocycles. The minimum absolute atomic E-state index is 0.0820. The van der Waals surface area contributed by atoms with Crippen LogP contribution in [0.3, 0.4) is 0 Å². The molecule has 0 radical (unpaired) electrons. The average molecular weight is 262 g/mol. The standard InChI is InChI=1S/C10H9F3N2O3/c1-2-18-7(16)4-3-6-8(10(11,12)13)14-5-15-9(6)17/h3-5H,2H2,1H3,(H,14,15,17). The number of nitrogens with one attached hydrogen (secondary N) is 1. The Kier molecular flexibility index (Phi) is 4.24. The van der Waals surface area contributed by atoms with E-state index in [1.165, 1.54) is 0 Å². The molecule has 1 N–H and O–H groups in total. The number of carbonyl (C=O) groups excluding carboxylic acids is 1. The van der Waals surface area contributed by atoms with Crippen LogP contribution in [0.25, 0.3) is 6.08 Å². The Morgan fingerprint density at radius 2 is 2.22 bits per heavy atom. The van der Waals surface area contributed by atoms with Crippen LogP contribution in [0, 0.1) is 0 Å². The summed E-state index contributed by atoms with van der Waals surface area (Å²) in [4.78, 5) is 27.3. The summed E-state index contributed by atoms with van der Waals surface area (Å²) >= 11 is 0. The minimum Gasteiger partial charge on any atom is -0.463 e. The monoisotopic (exact) mass is 262 g/mol. The first-order valence-electron chi connectivity index (χ1n) is 4.86. The predicted molar refractivity (Wildman–Crippen MR) is 55.5 cm³/mol. The van der Waals surface area contributed by atoms with Crippen LogP contribution in [0.4, 0.5) is 13.2 Å². The highest BCUT2D eigenvalue weighted by molar-refractivity contribution is 5.87. The molecule has 0 fully saturated rings. The topological polar surface area (TPSA) is 72.0 Å². The van der Waals surface area contributed by atoms with Crippen LogP contribution < -0.4 is 5.56 Å². The molecule has 0 aliphatic carbocycles. The quantitative estimate of drug-likeness (QED) is 0.659. The summed E-state index contributed by atoms with van der Waals surface area (Å²) in [5.41, 5.74) is -3.08. The summed E-state index contributed by atoms with van der Waals surface area (Å²) in [6.07, 6.45) is -2.66. The van der Waals surface area contributed by atoms with Crippen molar-refractivity contribution in [2.45, 2.75) is 13.1 Å². The number of aromatic nitrogens is 2. The number of nitrogens with zero attached hydrogens (tertiary/aromatic N) is 1. The van der Waals surface area contributed by atoms with E-state index >= 15 is 0 Å². The zero-order valence-corrected chi connectivity index (χ0v) is 9.25. The maximum Gasteiger partial charge on any atom is 0.434 e. The number of halogens is 3. The van der Waals surface area contributed by atoms with Crippen molar-refractivity contribution in [1.82, 2.24) is 9.97 Å². The first-order valence-corrected chi connectivity index (χ1v) is 4.86. The number of esters is 1. The second kappa shape index (κ2) is 5.48. The molecule has 0 aliphatic heterocycles. The zero-order valence-electron chi connectivity index (χ0n) is 9.25. The number of H-pyrrole nitrogens is 1. The van der Waals surface area contributed by atoms with Crippen LogP contribution >= 0.6 is 0 Å². The maximum absolute atomic E-state index is 12.5. The average Bonchev–Trinajstić information content (AvgIpc) is 2.26. The Labute approximate surface area is 99.3 Å². The van der Waals surface area contributed by atoms with Gasteiger partial charge in [-0.25, -0.2) is 9.78 Å². The molecule has 1 rings (SSSR count). The van der Waals surface area contributed by atoms with Gasteiger partial charge in [0.25, 0.3) is 5.56 Å². The SMILES string of the molecule is CCOC(=O)C=Cc1c(C(F)(F)F)nc[nH]c1=O. The van der Waals surface area contributed by atoms with Crippen molar-refractivity contribution >= 4 is 12.0 Å². The number of rotatable bonds is 3. The molecule has 8 heteroatoms. The molecule has 0 aliphatic rings. The minimum atomic E-state index is -4.78. The van der Waals surface area contributed by atoms with Crippen LogP contribution in [-0.4, -0.2) is 22.5 Å². The van der Waals surface area contributed by atoms with E-state index in [2.05, 4.69) is 9.72 Å². The number of hydrogen-bond donors (Lipinski definition) is 1. The number of aromatic amines is 1. The Balaban J connectivity index is 3.16. The highest BCUT2D eigenvalue weighted by Gasteiger charge is 2.35. The van der Waals surface area contributed by atoms with E-state index in [1.54, 1.807) is 6.92 Å². The molecule has 1 aromatic rings. The van der Waals surface area contributed by atoms with Crippen molar-refractivity contribution in [3.63, 3.8) is 0 Å². The van der Waals surface area contributed by atoms with Gasteiger partial charge in [-0.05, 0) is 13.0 Å². The third-order valence-corrected chi connectivity index (χ3v) is 1.83. The van der Waals surface area contributed by atoms with Gasteiger partial charge in [0.15, 0.2) is 5.69 Å². The van der Waals surface area contributed by atoms with Crippen molar-refractivity contribution in [3.05, 3.63) is 34.0 Å². The van der Waals surface area contributed by atoms with E-state index in [0.29, 0.717) is 6.33 Å². The molecule has 1 heterocycles. The second-order valence-corrected chi connectivity index (χ2v) is 3.08. The summed E-state index contributed by atoms with van der Waals surface area (Å²) in [6, 6.07) is 0. The van der Waals surface area contributed by atoms with Gasteiger partial charge in [0.05, 0.1) is 18.5 Å². The lowest BCUT2D eigenvalue weighted by atomic mass is 10.2. The lowest BCUT2D eigenvalue weighted by Gasteiger charge is -2.07. The Morgan fingerprint density at radius 1 is 1.56 bits per heavy atom. The van der Waals surface area contributed by atoms with Gasteiger partial charge in [-0.1, -0.05) is 0 Å². The Bertz CT molecular complexity index is 520. The predicted octanol–water partition coefficient (Wildman–Crippen LogP) is 1.36. The molecule has 98 valence electrons. The van der Waals surface area contributed by atoms with E-state index in [0.717, 1.165) is 12.2 Å². The van der Waals surface area contributed by atoms with Gasteiger partial charge < -0.3 is 9.72 Å². The Hall–Kier alpha value is -2.12. The number of carbonyl (C=O) groups is 1. The van der Waals surface area contributed by atoms with E-state index in [4.69, 9.17) is 0 Å². The van der Waals surface area contributed by atoms with Gasteiger partial charge in [-0.3, -0.25) is 4.79 Å². The second-order valence-electron chi connectivity index (χ2n) is 3.08. The number of ether oxygens (including phenoxy) is 1. The van der Waals surface area contributed by atoms with Crippen molar-refractivity contribution in [2.75, 3.05) is 6.61 Å². The molecule has 0 unspecified atom stereocenters. The molecule has 0 bridgehead atoms. The molecule has 5 nitrogen and oxygen atoms in total. The van der Waals surface area contributed by atoms with Crippen molar-refractivity contribution in [2.24, 2.45) is 0 Å². The molecule has 18 heavy (non-hydrogen) atoms. The van der Waals surface area contributed by atoms with E-state index in [-0.39, 0.29) is 6.61 Å². The normalized spacial score (nSPS) is 11.8. The lowest BCUT2D eigenvalue weighted by molar-refractivity contribution is -0.141. The van der Waals surface area contributed by atoms with Crippen molar-refractivity contribution in [3.8, 4) is 0 Å². The molecule has 0 atom stereocenters. The fraction of sp³-hybridized carbons (Fsp3) is 0.300. The van der Waals surface area contributed by atoms with Gasteiger partial charge >= 0.3 is 12.1 Å². The van der Waals surface area contributed by atoms with Crippen LogP contribution in [0.1, 0.15) is 18.2 Å². The summed E-state index contributed by atoms with van der Waals surface area (Å²) in [6.45, 7) is 1.63. The van der Waals surface area contributed by atoms with E-state index < -0.39 is 29.0 Å². The summed E-state index contributed by atoms with van der Waals surface area (Å²) in [7, 11) is 0. The Morgan fingerprint density at radius 3 is 2.78 bits per heavy atom. The smallest absolute Gasteiger partial charge is 0.434 e. The fourth-order valence-corrected chi connectivity index (χ4v) is 1.13. The lowest BCUT2D eigenvalue weighted by Crippen LogP contribution is -2.20. The maximum atomic E-state index is 12.5. The third kappa shape index (κ3) is 3.44. The summed E-state index contributed by atoms with van der Waals surface area (Å²) in [5.74, 6) is -0.839. The van der Waals surface area contributed by atoms with Crippen LogP contribution in [-0.2, 0) is 15.7 Å². The van der Waals surface area contributed by atoms with Crippen molar-refractivity contribution in [1.29, 1.82) is 0 Å². The third-order valence-electron chi connectivity index (χ3n) is 1.83. The molecular formula is C10H9F3N2O3. The van der Waals surface area contributed by atoms with Gasteiger partial charge in [-0.2, -0.15) is 13.2 Å².